The Morgan fingerprint density at radius 3 is 2.48 bits per heavy atom. The highest BCUT2D eigenvalue weighted by Gasteiger charge is 2.14. The van der Waals surface area contributed by atoms with Crippen LogP contribution < -0.4 is 16.0 Å². The highest BCUT2D eigenvalue weighted by molar-refractivity contribution is 14.0. The highest BCUT2D eigenvalue weighted by Crippen LogP contribution is 2.13. The minimum Gasteiger partial charge on any atom is -0.359 e. The molecule has 0 radical (unpaired) electrons. The SMILES string of the molecule is CN=C(NCC(=O)NC(C)(C)C)NCc1cc(C(C)C)no1.I. The molecule has 1 aromatic rings. The standard InChI is InChI=1S/C15H27N5O2.HI/c1-10(2)12-7-11(22-20-12)8-17-14(16-6)18-9-13(21)19-15(3,4)5;/h7,10H,8-9H2,1-6H3,(H,19,21)(H2,16,17,18);1H. The molecule has 0 spiro atoms. The number of carbonyl (C=O) groups excluding carboxylic acids is 1. The molecule has 1 heterocycles. The quantitative estimate of drug-likeness (QED) is 0.373. The molecule has 132 valence electrons. The van der Waals surface area contributed by atoms with Gasteiger partial charge in [-0.15, -0.1) is 24.0 Å². The maximum Gasteiger partial charge on any atom is 0.239 e. The number of rotatable bonds is 5. The summed E-state index contributed by atoms with van der Waals surface area (Å²) in [5, 5.41) is 12.9. The first-order chi connectivity index (χ1) is 10.2. The number of guanidine groups is 1. The fraction of sp³-hybridized carbons (Fsp3) is 0.667. The van der Waals surface area contributed by atoms with E-state index in [9.17, 15) is 4.79 Å². The van der Waals surface area contributed by atoms with Gasteiger partial charge in [0.15, 0.2) is 11.7 Å². The molecule has 1 rings (SSSR count). The van der Waals surface area contributed by atoms with Crippen molar-refractivity contribution in [1.29, 1.82) is 0 Å². The maximum atomic E-state index is 11.7. The van der Waals surface area contributed by atoms with Crippen LogP contribution in [-0.4, -0.2) is 36.2 Å². The summed E-state index contributed by atoms with van der Waals surface area (Å²) in [6.45, 7) is 10.5. The minimum absolute atomic E-state index is 0. The highest BCUT2D eigenvalue weighted by atomic mass is 127. The van der Waals surface area contributed by atoms with Crippen LogP contribution in [0.4, 0.5) is 0 Å². The monoisotopic (exact) mass is 437 g/mol. The number of hydrogen-bond donors (Lipinski definition) is 3. The number of aliphatic imine (C=N–C) groups is 1. The lowest BCUT2D eigenvalue weighted by molar-refractivity contribution is -0.121. The molecule has 0 saturated carbocycles. The van der Waals surface area contributed by atoms with E-state index in [-0.39, 0.29) is 42.0 Å². The average Bonchev–Trinajstić information content (AvgIpc) is 2.86. The molecule has 0 aromatic carbocycles. The van der Waals surface area contributed by atoms with Crippen LogP contribution in [0.3, 0.4) is 0 Å². The van der Waals surface area contributed by atoms with Crippen LogP contribution in [-0.2, 0) is 11.3 Å². The Labute approximate surface area is 155 Å². The predicted octanol–water partition coefficient (Wildman–Crippen LogP) is 2.00. The fourth-order valence-electron chi connectivity index (χ4n) is 1.70. The third-order valence-corrected chi connectivity index (χ3v) is 2.75. The van der Waals surface area contributed by atoms with Gasteiger partial charge in [0.25, 0.3) is 0 Å². The van der Waals surface area contributed by atoms with Gasteiger partial charge in [0.1, 0.15) is 0 Å². The minimum atomic E-state index is -0.247. The molecule has 0 aliphatic rings. The first kappa shape index (κ1) is 21.7. The second kappa shape index (κ2) is 9.74. The van der Waals surface area contributed by atoms with Gasteiger partial charge in [0.05, 0.1) is 18.8 Å². The van der Waals surface area contributed by atoms with Crippen LogP contribution in [0.5, 0.6) is 0 Å². The van der Waals surface area contributed by atoms with E-state index in [1.54, 1.807) is 7.05 Å². The molecular weight excluding hydrogens is 409 g/mol. The van der Waals surface area contributed by atoms with Gasteiger partial charge >= 0.3 is 0 Å². The lowest BCUT2D eigenvalue weighted by Crippen LogP contribution is -2.48. The summed E-state index contributed by atoms with van der Waals surface area (Å²) < 4.78 is 5.24. The van der Waals surface area contributed by atoms with Crippen molar-refractivity contribution in [2.75, 3.05) is 13.6 Å². The molecule has 0 aliphatic carbocycles. The summed E-state index contributed by atoms with van der Waals surface area (Å²) in [5.41, 5.74) is 0.673. The summed E-state index contributed by atoms with van der Waals surface area (Å²) in [4.78, 5) is 15.8. The number of nitrogens with zero attached hydrogens (tertiary/aromatic N) is 2. The van der Waals surface area contributed by atoms with Gasteiger partial charge in [-0.1, -0.05) is 19.0 Å². The van der Waals surface area contributed by atoms with Crippen LogP contribution in [0.25, 0.3) is 0 Å². The van der Waals surface area contributed by atoms with Gasteiger partial charge in [-0.05, 0) is 26.7 Å². The number of halogens is 1. The third kappa shape index (κ3) is 8.77. The van der Waals surface area contributed by atoms with Gasteiger partial charge in [0, 0.05) is 18.7 Å². The van der Waals surface area contributed by atoms with Crippen molar-refractivity contribution in [3.05, 3.63) is 17.5 Å². The molecule has 3 N–H and O–H groups in total. The Balaban J connectivity index is 0.00000484. The Morgan fingerprint density at radius 2 is 2.00 bits per heavy atom. The summed E-state index contributed by atoms with van der Waals surface area (Å²) in [5.74, 6) is 1.51. The lowest BCUT2D eigenvalue weighted by atomic mass is 10.1. The molecular formula is C15H28IN5O2. The maximum absolute atomic E-state index is 11.7. The van der Waals surface area contributed by atoms with Crippen LogP contribution in [0.1, 0.15) is 52.0 Å². The molecule has 0 saturated heterocycles. The molecule has 7 nitrogen and oxygen atoms in total. The smallest absolute Gasteiger partial charge is 0.239 e. The topological polar surface area (TPSA) is 91.5 Å². The van der Waals surface area contributed by atoms with Gasteiger partial charge in [-0.2, -0.15) is 0 Å². The van der Waals surface area contributed by atoms with Crippen molar-refractivity contribution in [2.24, 2.45) is 4.99 Å². The van der Waals surface area contributed by atoms with Gasteiger partial charge in [-0.25, -0.2) is 0 Å². The van der Waals surface area contributed by atoms with Crippen molar-refractivity contribution < 1.29 is 9.32 Å². The average molecular weight is 437 g/mol. The van der Waals surface area contributed by atoms with E-state index in [0.29, 0.717) is 18.4 Å². The largest absolute Gasteiger partial charge is 0.359 e. The van der Waals surface area contributed by atoms with E-state index in [4.69, 9.17) is 4.52 Å². The molecule has 1 aromatic heterocycles. The number of aromatic nitrogens is 1. The molecule has 0 atom stereocenters. The molecule has 23 heavy (non-hydrogen) atoms. The van der Waals surface area contributed by atoms with Gasteiger partial charge in [0.2, 0.25) is 5.91 Å². The van der Waals surface area contributed by atoms with Gasteiger partial charge in [-0.3, -0.25) is 9.79 Å². The van der Waals surface area contributed by atoms with Crippen molar-refractivity contribution in [3.63, 3.8) is 0 Å². The van der Waals surface area contributed by atoms with E-state index in [0.717, 1.165) is 11.5 Å². The molecule has 0 aliphatic heterocycles. The van der Waals surface area contributed by atoms with E-state index in [2.05, 4.69) is 39.9 Å². The first-order valence-electron chi connectivity index (χ1n) is 7.42. The Morgan fingerprint density at radius 1 is 1.35 bits per heavy atom. The third-order valence-electron chi connectivity index (χ3n) is 2.75. The predicted molar refractivity (Wildman–Crippen MR) is 102 cm³/mol. The molecule has 0 unspecified atom stereocenters. The molecule has 1 amide bonds. The van der Waals surface area contributed by atoms with Crippen molar-refractivity contribution in [3.8, 4) is 0 Å². The molecule has 0 fully saturated rings. The normalized spacial score (nSPS) is 11.9. The fourth-order valence-corrected chi connectivity index (χ4v) is 1.70. The van der Waals surface area contributed by atoms with E-state index < -0.39 is 0 Å². The van der Waals surface area contributed by atoms with Crippen LogP contribution in [0, 0.1) is 0 Å². The first-order valence-corrected chi connectivity index (χ1v) is 7.42. The Bertz CT molecular complexity index is 520. The summed E-state index contributed by atoms with van der Waals surface area (Å²) >= 11 is 0. The van der Waals surface area contributed by atoms with Crippen LogP contribution in [0.2, 0.25) is 0 Å². The Hall–Kier alpha value is -1.32. The number of hydrogen-bond acceptors (Lipinski definition) is 4. The van der Waals surface area contributed by atoms with Crippen molar-refractivity contribution >= 4 is 35.8 Å². The van der Waals surface area contributed by atoms with E-state index in [1.807, 2.05) is 26.8 Å². The van der Waals surface area contributed by atoms with E-state index in [1.165, 1.54) is 0 Å². The summed E-state index contributed by atoms with van der Waals surface area (Å²) in [6, 6.07) is 1.91. The Kier molecular flexibility index (Phi) is 9.18. The molecule has 0 bridgehead atoms. The zero-order chi connectivity index (χ0) is 16.8. The van der Waals surface area contributed by atoms with Gasteiger partial charge < -0.3 is 20.5 Å². The summed E-state index contributed by atoms with van der Waals surface area (Å²) in [6.07, 6.45) is 0. The van der Waals surface area contributed by atoms with E-state index >= 15 is 0 Å². The number of amides is 1. The summed E-state index contributed by atoms with van der Waals surface area (Å²) in [7, 11) is 1.65. The van der Waals surface area contributed by atoms with Crippen LogP contribution >= 0.6 is 24.0 Å². The van der Waals surface area contributed by atoms with Crippen molar-refractivity contribution in [1.82, 2.24) is 21.1 Å². The zero-order valence-corrected chi connectivity index (χ0v) is 17.0. The van der Waals surface area contributed by atoms with Crippen LogP contribution in [0.15, 0.2) is 15.6 Å². The molecule has 8 heteroatoms. The second-order valence-corrected chi connectivity index (χ2v) is 6.45. The van der Waals surface area contributed by atoms with Crippen molar-refractivity contribution in [2.45, 2.75) is 52.6 Å². The second-order valence-electron chi connectivity index (χ2n) is 6.45. The number of nitrogens with one attached hydrogen (secondary N) is 3. The lowest BCUT2D eigenvalue weighted by Gasteiger charge is -2.21. The number of carbonyl (C=O) groups is 1. The zero-order valence-electron chi connectivity index (χ0n) is 14.7.